The second-order valence-corrected chi connectivity index (χ2v) is 7.02. The molecule has 0 radical (unpaired) electrons. The third-order valence-corrected chi connectivity index (χ3v) is 4.48. The Hall–Kier alpha value is -1.32. The first kappa shape index (κ1) is 16.1. The molecule has 0 aliphatic rings. The Morgan fingerprint density at radius 1 is 1.33 bits per heavy atom. The molecule has 4 heteroatoms. The average Bonchev–Trinajstić information content (AvgIpc) is 2.98. The van der Waals surface area contributed by atoms with E-state index in [0.717, 1.165) is 5.56 Å². The molecule has 0 spiro atoms. The van der Waals surface area contributed by atoms with Crippen molar-refractivity contribution in [3.05, 3.63) is 57.2 Å². The number of halogens is 1. The summed E-state index contributed by atoms with van der Waals surface area (Å²) in [5, 5.41) is 7.95. The van der Waals surface area contributed by atoms with E-state index in [0.29, 0.717) is 24.4 Å². The normalized spacial score (nSPS) is 11.4. The maximum absolute atomic E-state index is 12.0. The molecule has 0 bridgehead atoms. The fraction of sp³-hybridized carbons (Fsp3) is 0.353. The molecule has 0 saturated carbocycles. The van der Waals surface area contributed by atoms with Gasteiger partial charge in [-0.2, -0.15) is 11.3 Å². The Kier molecular flexibility index (Phi) is 5.43. The van der Waals surface area contributed by atoms with Crippen LogP contribution in [-0.4, -0.2) is 12.5 Å². The Labute approximate surface area is 135 Å². The minimum Gasteiger partial charge on any atom is -0.355 e. The lowest BCUT2D eigenvalue weighted by Crippen LogP contribution is -2.36. The van der Waals surface area contributed by atoms with Crippen LogP contribution < -0.4 is 5.32 Å². The number of nitrogens with one attached hydrogen (secondary N) is 1. The summed E-state index contributed by atoms with van der Waals surface area (Å²) in [7, 11) is 0. The van der Waals surface area contributed by atoms with Crippen molar-refractivity contribution in [3.63, 3.8) is 0 Å². The Morgan fingerprint density at radius 2 is 2.14 bits per heavy atom. The highest BCUT2D eigenvalue weighted by atomic mass is 35.5. The second kappa shape index (κ2) is 7.10. The lowest BCUT2D eigenvalue weighted by molar-refractivity contribution is -0.121. The van der Waals surface area contributed by atoms with Gasteiger partial charge in [-0.3, -0.25) is 4.79 Å². The van der Waals surface area contributed by atoms with Crippen LogP contribution in [0.1, 0.15) is 31.4 Å². The van der Waals surface area contributed by atoms with Crippen LogP contribution in [0.5, 0.6) is 0 Å². The number of amides is 1. The third-order valence-electron chi connectivity index (χ3n) is 3.56. The average molecular weight is 322 g/mol. The first-order valence-corrected chi connectivity index (χ1v) is 8.33. The molecule has 1 aromatic carbocycles. The van der Waals surface area contributed by atoms with E-state index in [9.17, 15) is 4.79 Å². The zero-order chi connectivity index (χ0) is 15.3. The molecule has 1 N–H and O–H groups in total. The number of aryl methyl sites for hydroxylation is 1. The lowest BCUT2D eigenvalue weighted by atomic mass is 9.86. The summed E-state index contributed by atoms with van der Waals surface area (Å²) in [6.45, 7) is 4.94. The van der Waals surface area contributed by atoms with Crippen LogP contribution in [0, 0.1) is 0 Å². The minimum absolute atomic E-state index is 0.0360. The molecule has 21 heavy (non-hydrogen) atoms. The molecule has 0 fully saturated rings. The molecule has 0 unspecified atom stereocenters. The Balaban J connectivity index is 1.80. The van der Waals surface area contributed by atoms with Crippen molar-refractivity contribution in [2.75, 3.05) is 6.54 Å². The number of rotatable bonds is 6. The monoisotopic (exact) mass is 321 g/mol. The van der Waals surface area contributed by atoms with Crippen LogP contribution in [0.15, 0.2) is 41.1 Å². The molecule has 2 nitrogen and oxygen atoms in total. The summed E-state index contributed by atoms with van der Waals surface area (Å²) in [5.74, 6) is 0.0817. The first-order chi connectivity index (χ1) is 9.97. The van der Waals surface area contributed by atoms with E-state index >= 15 is 0 Å². The standard InChI is InChI=1S/C17H20ClNOS/c1-17(2,14-8-9-21-11-14)12-19-16(20)7-6-13-4-3-5-15(18)10-13/h3-5,8-11H,6-7,12H2,1-2H3,(H,19,20). The zero-order valence-corrected chi connectivity index (χ0v) is 13.9. The SMILES string of the molecule is CC(C)(CNC(=O)CCc1cccc(Cl)c1)c1ccsc1. The van der Waals surface area contributed by atoms with Gasteiger partial charge >= 0.3 is 0 Å². The highest BCUT2D eigenvalue weighted by Crippen LogP contribution is 2.24. The van der Waals surface area contributed by atoms with Crippen LogP contribution in [0.4, 0.5) is 0 Å². The van der Waals surface area contributed by atoms with Gasteiger partial charge in [-0.1, -0.05) is 37.6 Å². The summed E-state index contributed by atoms with van der Waals surface area (Å²) in [6, 6.07) is 9.77. The fourth-order valence-electron chi connectivity index (χ4n) is 2.11. The van der Waals surface area contributed by atoms with Gasteiger partial charge in [-0.05, 0) is 46.5 Å². The molecule has 2 aromatic rings. The first-order valence-electron chi connectivity index (χ1n) is 7.01. The van der Waals surface area contributed by atoms with Crippen molar-refractivity contribution in [3.8, 4) is 0 Å². The van der Waals surface area contributed by atoms with Crippen molar-refractivity contribution < 1.29 is 4.79 Å². The van der Waals surface area contributed by atoms with Crippen molar-refractivity contribution in [1.29, 1.82) is 0 Å². The van der Waals surface area contributed by atoms with Crippen LogP contribution in [0.25, 0.3) is 0 Å². The molecular weight excluding hydrogens is 302 g/mol. The van der Waals surface area contributed by atoms with E-state index in [1.165, 1.54) is 5.56 Å². The van der Waals surface area contributed by atoms with Crippen LogP contribution in [-0.2, 0) is 16.6 Å². The highest BCUT2D eigenvalue weighted by Gasteiger charge is 2.21. The van der Waals surface area contributed by atoms with E-state index in [1.54, 1.807) is 11.3 Å². The van der Waals surface area contributed by atoms with E-state index in [4.69, 9.17) is 11.6 Å². The maximum atomic E-state index is 12.0. The molecular formula is C17H20ClNOS. The van der Waals surface area contributed by atoms with Crippen LogP contribution in [0.3, 0.4) is 0 Å². The lowest BCUT2D eigenvalue weighted by Gasteiger charge is -2.24. The third kappa shape index (κ3) is 4.87. The van der Waals surface area contributed by atoms with Gasteiger partial charge < -0.3 is 5.32 Å². The predicted molar refractivity (Wildman–Crippen MR) is 90.1 cm³/mol. The van der Waals surface area contributed by atoms with Crippen molar-refractivity contribution in [2.24, 2.45) is 0 Å². The van der Waals surface area contributed by atoms with E-state index in [2.05, 4.69) is 36.0 Å². The summed E-state index contributed by atoms with van der Waals surface area (Å²) in [5.41, 5.74) is 2.32. The molecule has 1 amide bonds. The van der Waals surface area contributed by atoms with Crippen molar-refractivity contribution in [1.82, 2.24) is 5.32 Å². The largest absolute Gasteiger partial charge is 0.355 e. The number of thiophene rings is 1. The number of carbonyl (C=O) groups is 1. The smallest absolute Gasteiger partial charge is 0.220 e. The Morgan fingerprint density at radius 3 is 2.81 bits per heavy atom. The number of benzene rings is 1. The second-order valence-electron chi connectivity index (χ2n) is 5.80. The van der Waals surface area contributed by atoms with Gasteiger partial charge in [-0.25, -0.2) is 0 Å². The fourth-order valence-corrected chi connectivity index (χ4v) is 3.17. The molecule has 0 saturated heterocycles. The molecule has 2 rings (SSSR count). The summed E-state index contributed by atoms with van der Waals surface area (Å²) >= 11 is 7.62. The topological polar surface area (TPSA) is 29.1 Å². The van der Waals surface area contributed by atoms with E-state index < -0.39 is 0 Å². The quantitative estimate of drug-likeness (QED) is 0.838. The summed E-state index contributed by atoms with van der Waals surface area (Å²) in [6.07, 6.45) is 1.20. The van der Waals surface area contributed by atoms with Gasteiger partial charge in [0.1, 0.15) is 0 Å². The van der Waals surface area contributed by atoms with Crippen LogP contribution >= 0.6 is 22.9 Å². The van der Waals surface area contributed by atoms with Gasteiger partial charge in [0, 0.05) is 23.4 Å². The molecule has 1 aromatic heterocycles. The summed E-state index contributed by atoms with van der Waals surface area (Å²) in [4.78, 5) is 12.0. The molecule has 1 heterocycles. The number of hydrogen-bond donors (Lipinski definition) is 1. The van der Waals surface area contributed by atoms with Crippen molar-refractivity contribution in [2.45, 2.75) is 32.1 Å². The predicted octanol–water partition coefficient (Wildman–Crippen LogP) is 4.43. The van der Waals surface area contributed by atoms with Crippen molar-refractivity contribution >= 4 is 28.8 Å². The number of carbonyl (C=O) groups excluding carboxylic acids is 1. The zero-order valence-electron chi connectivity index (χ0n) is 12.4. The van der Waals surface area contributed by atoms with Crippen LogP contribution in [0.2, 0.25) is 5.02 Å². The van der Waals surface area contributed by atoms with Gasteiger partial charge in [0.15, 0.2) is 0 Å². The van der Waals surface area contributed by atoms with Gasteiger partial charge in [0.05, 0.1) is 0 Å². The highest BCUT2D eigenvalue weighted by molar-refractivity contribution is 7.08. The Bertz CT molecular complexity index is 593. The maximum Gasteiger partial charge on any atom is 0.220 e. The molecule has 0 aliphatic carbocycles. The van der Waals surface area contributed by atoms with Gasteiger partial charge in [-0.15, -0.1) is 0 Å². The van der Waals surface area contributed by atoms with Gasteiger partial charge in [0.25, 0.3) is 0 Å². The molecule has 112 valence electrons. The van der Waals surface area contributed by atoms with E-state index in [-0.39, 0.29) is 11.3 Å². The number of hydrogen-bond acceptors (Lipinski definition) is 2. The molecule has 0 atom stereocenters. The summed E-state index contributed by atoms with van der Waals surface area (Å²) < 4.78 is 0. The van der Waals surface area contributed by atoms with Gasteiger partial charge in [0.2, 0.25) is 5.91 Å². The van der Waals surface area contributed by atoms with E-state index in [1.807, 2.05) is 24.3 Å². The molecule has 0 aliphatic heterocycles. The minimum atomic E-state index is -0.0360.